The minimum Gasteiger partial charge on any atom is -0.478 e. The number of aromatic nitrogens is 1. The van der Waals surface area contributed by atoms with Crippen molar-refractivity contribution in [2.45, 2.75) is 0 Å². The van der Waals surface area contributed by atoms with Crippen LogP contribution in [0.2, 0.25) is 10.0 Å². The third kappa shape index (κ3) is 3.00. The fraction of sp³-hybridized carbons (Fsp3) is 0. The van der Waals surface area contributed by atoms with Crippen LogP contribution < -0.4 is 5.32 Å². The number of halogens is 3. The Morgan fingerprint density at radius 2 is 1.95 bits per heavy atom. The Morgan fingerprint density at radius 1 is 1.21 bits per heavy atom. The summed E-state index contributed by atoms with van der Waals surface area (Å²) >= 11 is 15.3. The van der Waals surface area contributed by atoms with Gasteiger partial charge in [-0.1, -0.05) is 23.2 Å². The van der Waals surface area contributed by atoms with E-state index < -0.39 is 5.97 Å². The Labute approximate surface area is 127 Å². The molecule has 0 radical (unpaired) electrons. The lowest BCUT2D eigenvalue weighted by molar-refractivity contribution is 0.0698. The molecule has 1 heterocycles. The standard InChI is InChI=1S/C12H7BrCl2N2O2/c13-7-1-2-8(11(15)10(7)14)17-9-5-16-4-3-6(9)12(18)19/h1-5,17H,(H,18,19). The number of pyridine rings is 1. The molecular weight excluding hydrogens is 355 g/mol. The number of rotatable bonds is 3. The first-order valence-corrected chi connectivity index (χ1v) is 6.63. The Hall–Kier alpha value is -1.30. The minimum atomic E-state index is -1.05. The fourth-order valence-electron chi connectivity index (χ4n) is 1.45. The highest BCUT2D eigenvalue weighted by Crippen LogP contribution is 2.37. The SMILES string of the molecule is O=C(O)c1ccncc1Nc1ccc(Br)c(Cl)c1Cl. The lowest BCUT2D eigenvalue weighted by Crippen LogP contribution is -2.03. The topological polar surface area (TPSA) is 62.2 Å². The molecule has 1 aromatic carbocycles. The van der Waals surface area contributed by atoms with Gasteiger partial charge < -0.3 is 10.4 Å². The summed E-state index contributed by atoms with van der Waals surface area (Å²) in [5, 5.41) is 12.6. The number of nitrogens with one attached hydrogen (secondary N) is 1. The van der Waals surface area contributed by atoms with E-state index in [0.29, 0.717) is 25.9 Å². The van der Waals surface area contributed by atoms with Crippen molar-refractivity contribution in [3.05, 3.63) is 50.7 Å². The third-order valence-corrected chi connectivity index (χ3v) is 4.13. The van der Waals surface area contributed by atoms with Gasteiger partial charge in [0.2, 0.25) is 0 Å². The number of benzene rings is 1. The summed E-state index contributed by atoms with van der Waals surface area (Å²) in [5.74, 6) is -1.05. The number of aromatic carboxylic acids is 1. The van der Waals surface area contributed by atoms with Crippen molar-refractivity contribution in [2.75, 3.05) is 5.32 Å². The minimum absolute atomic E-state index is 0.102. The number of anilines is 2. The van der Waals surface area contributed by atoms with Crippen LogP contribution in [0.15, 0.2) is 35.1 Å². The number of carboxylic acid groups (broad SMARTS) is 1. The quantitative estimate of drug-likeness (QED) is 0.784. The van der Waals surface area contributed by atoms with Crippen molar-refractivity contribution in [3.63, 3.8) is 0 Å². The summed E-state index contributed by atoms with van der Waals surface area (Å²) in [6.07, 6.45) is 2.82. The van der Waals surface area contributed by atoms with Crippen molar-refractivity contribution < 1.29 is 9.90 Å². The molecule has 0 saturated carbocycles. The Balaban J connectivity index is 2.42. The third-order valence-electron chi connectivity index (χ3n) is 2.36. The summed E-state index contributed by atoms with van der Waals surface area (Å²) in [5.41, 5.74) is 0.950. The summed E-state index contributed by atoms with van der Waals surface area (Å²) < 4.78 is 0.661. The van der Waals surface area contributed by atoms with Crippen LogP contribution in [0.5, 0.6) is 0 Å². The molecule has 0 bridgehead atoms. The average molecular weight is 362 g/mol. The molecule has 0 fully saturated rings. The first kappa shape index (κ1) is 14.1. The van der Waals surface area contributed by atoms with Gasteiger partial charge in [-0.25, -0.2) is 4.79 Å². The normalized spacial score (nSPS) is 10.3. The maximum atomic E-state index is 11.1. The van der Waals surface area contributed by atoms with Crippen LogP contribution >= 0.6 is 39.1 Å². The Bertz CT molecular complexity index is 650. The molecule has 0 aliphatic carbocycles. The molecular formula is C12H7BrCl2N2O2. The number of nitrogens with zero attached hydrogens (tertiary/aromatic N) is 1. The molecule has 0 aliphatic heterocycles. The van der Waals surface area contributed by atoms with Crippen molar-refractivity contribution in [3.8, 4) is 0 Å². The maximum Gasteiger partial charge on any atom is 0.337 e. The van der Waals surface area contributed by atoms with Gasteiger partial charge in [0.1, 0.15) is 0 Å². The molecule has 98 valence electrons. The summed E-state index contributed by atoms with van der Waals surface area (Å²) in [6, 6.07) is 4.81. The molecule has 0 unspecified atom stereocenters. The number of carboxylic acids is 1. The predicted molar refractivity (Wildman–Crippen MR) is 78.6 cm³/mol. The second-order valence-corrected chi connectivity index (χ2v) is 5.18. The zero-order valence-corrected chi connectivity index (χ0v) is 12.4. The molecule has 2 N–H and O–H groups in total. The summed E-state index contributed by atoms with van der Waals surface area (Å²) in [7, 11) is 0. The molecule has 0 saturated heterocycles. The van der Waals surface area contributed by atoms with E-state index in [-0.39, 0.29) is 5.56 Å². The largest absolute Gasteiger partial charge is 0.478 e. The van der Waals surface area contributed by atoms with E-state index in [2.05, 4.69) is 26.2 Å². The van der Waals surface area contributed by atoms with E-state index in [1.165, 1.54) is 18.5 Å². The van der Waals surface area contributed by atoms with Gasteiger partial charge in [-0.3, -0.25) is 4.98 Å². The van der Waals surface area contributed by atoms with E-state index in [1.54, 1.807) is 12.1 Å². The monoisotopic (exact) mass is 360 g/mol. The highest BCUT2D eigenvalue weighted by atomic mass is 79.9. The zero-order valence-electron chi connectivity index (χ0n) is 9.32. The molecule has 0 aliphatic rings. The van der Waals surface area contributed by atoms with Gasteiger partial charge in [-0.05, 0) is 34.1 Å². The fourth-order valence-corrected chi connectivity index (χ4v) is 2.27. The van der Waals surface area contributed by atoms with E-state index in [0.717, 1.165) is 0 Å². The Kier molecular flexibility index (Phi) is 4.29. The van der Waals surface area contributed by atoms with Crippen LogP contribution in [0.3, 0.4) is 0 Å². The molecule has 2 rings (SSSR count). The molecule has 0 amide bonds. The van der Waals surface area contributed by atoms with Crippen LogP contribution in [-0.4, -0.2) is 16.1 Å². The summed E-state index contributed by atoms with van der Waals surface area (Å²) in [4.78, 5) is 15.0. The second-order valence-electron chi connectivity index (χ2n) is 3.57. The molecule has 4 nitrogen and oxygen atoms in total. The molecule has 0 spiro atoms. The lowest BCUT2D eigenvalue weighted by Gasteiger charge is -2.11. The van der Waals surface area contributed by atoms with Gasteiger partial charge >= 0.3 is 5.97 Å². The smallest absolute Gasteiger partial charge is 0.337 e. The highest BCUT2D eigenvalue weighted by molar-refractivity contribution is 9.10. The van der Waals surface area contributed by atoms with Gasteiger partial charge in [0.05, 0.1) is 33.2 Å². The summed E-state index contributed by atoms with van der Waals surface area (Å²) in [6.45, 7) is 0. The van der Waals surface area contributed by atoms with Crippen LogP contribution in [0.1, 0.15) is 10.4 Å². The first-order chi connectivity index (χ1) is 9.00. The van der Waals surface area contributed by atoms with Crippen LogP contribution in [0.4, 0.5) is 11.4 Å². The van der Waals surface area contributed by atoms with Crippen molar-refractivity contribution in [1.82, 2.24) is 4.98 Å². The number of carbonyl (C=O) groups is 1. The van der Waals surface area contributed by atoms with E-state index in [9.17, 15) is 4.79 Å². The van der Waals surface area contributed by atoms with Gasteiger partial charge in [0, 0.05) is 10.7 Å². The van der Waals surface area contributed by atoms with Gasteiger partial charge in [-0.2, -0.15) is 0 Å². The second kappa shape index (κ2) is 5.77. The average Bonchev–Trinajstić information content (AvgIpc) is 2.40. The molecule has 7 heteroatoms. The predicted octanol–water partition coefficient (Wildman–Crippen LogP) is 4.59. The van der Waals surface area contributed by atoms with E-state index >= 15 is 0 Å². The first-order valence-electron chi connectivity index (χ1n) is 5.08. The molecule has 0 atom stereocenters. The van der Waals surface area contributed by atoms with Crippen molar-refractivity contribution >= 4 is 56.5 Å². The molecule has 19 heavy (non-hydrogen) atoms. The molecule has 2 aromatic rings. The van der Waals surface area contributed by atoms with E-state index in [4.69, 9.17) is 28.3 Å². The van der Waals surface area contributed by atoms with Crippen LogP contribution in [0.25, 0.3) is 0 Å². The lowest BCUT2D eigenvalue weighted by atomic mass is 10.2. The van der Waals surface area contributed by atoms with Crippen LogP contribution in [0, 0.1) is 0 Å². The number of hydrogen-bond acceptors (Lipinski definition) is 3. The van der Waals surface area contributed by atoms with Crippen molar-refractivity contribution in [2.24, 2.45) is 0 Å². The van der Waals surface area contributed by atoms with E-state index in [1.807, 2.05) is 0 Å². The number of hydrogen-bond donors (Lipinski definition) is 2. The molecule has 1 aromatic heterocycles. The van der Waals surface area contributed by atoms with Crippen molar-refractivity contribution in [1.29, 1.82) is 0 Å². The van der Waals surface area contributed by atoms with Gasteiger partial charge in [0.25, 0.3) is 0 Å². The van der Waals surface area contributed by atoms with Gasteiger partial charge in [-0.15, -0.1) is 0 Å². The zero-order chi connectivity index (χ0) is 14.0. The highest BCUT2D eigenvalue weighted by Gasteiger charge is 2.13. The van der Waals surface area contributed by atoms with Crippen LogP contribution in [-0.2, 0) is 0 Å². The Morgan fingerprint density at radius 3 is 2.63 bits per heavy atom. The van der Waals surface area contributed by atoms with Gasteiger partial charge in [0.15, 0.2) is 0 Å². The maximum absolute atomic E-state index is 11.1.